The van der Waals surface area contributed by atoms with Crippen molar-refractivity contribution in [2.24, 2.45) is 0 Å². The molecule has 0 saturated carbocycles. The van der Waals surface area contributed by atoms with E-state index in [1.807, 2.05) is 24.9 Å². The van der Waals surface area contributed by atoms with E-state index in [2.05, 4.69) is 9.88 Å². The zero-order valence-electron chi connectivity index (χ0n) is 23.5. The lowest BCUT2D eigenvalue weighted by atomic mass is 9.95. The van der Waals surface area contributed by atoms with Gasteiger partial charge in [-0.05, 0) is 37.9 Å². The zero-order valence-corrected chi connectivity index (χ0v) is 25.1. The molecule has 3 aliphatic heterocycles. The van der Waals surface area contributed by atoms with E-state index >= 15 is 4.39 Å². The fourth-order valence-electron chi connectivity index (χ4n) is 6.82. The molecule has 0 spiro atoms. The lowest BCUT2D eigenvalue weighted by molar-refractivity contribution is 0.107. The van der Waals surface area contributed by atoms with Crippen LogP contribution in [-0.2, 0) is 0 Å². The molecule has 3 atom stereocenters. The van der Waals surface area contributed by atoms with E-state index in [9.17, 15) is 14.0 Å². The molecule has 2 aromatic heterocycles. The third-order valence-electron chi connectivity index (χ3n) is 9.15. The van der Waals surface area contributed by atoms with Crippen LogP contribution in [0.25, 0.3) is 32.1 Å². The van der Waals surface area contributed by atoms with E-state index in [4.69, 9.17) is 31.8 Å². The number of nitriles is 1. The van der Waals surface area contributed by atoms with Gasteiger partial charge in [0.15, 0.2) is 11.6 Å². The van der Waals surface area contributed by atoms with Crippen molar-refractivity contribution in [3.63, 3.8) is 0 Å². The van der Waals surface area contributed by atoms with Crippen LogP contribution in [-0.4, -0.2) is 66.0 Å². The molecule has 2 saturated heterocycles. The number of aromatic nitrogens is 2. The molecular weight excluding hydrogens is 601 g/mol. The van der Waals surface area contributed by atoms with Gasteiger partial charge in [-0.3, -0.25) is 4.90 Å². The number of anilines is 2. The van der Waals surface area contributed by atoms with Crippen LogP contribution in [0.5, 0.6) is 11.8 Å². The lowest BCUT2D eigenvalue weighted by Crippen LogP contribution is -2.43. The second-order valence-corrected chi connectivity index (χ2v) is 13.0. The number of halogens is 4. The summed E-state index contributed by atoms with van der Waals surface area (Å²) in [6, 6.07) is 4.53. The van der Waals surface area contributed by atoms with E-state index in [0.29, 0.717) is 31.8 Å². The number of nitrogens with zero attached hydrogens (tertiary/aromatic N) is 5. The molecule has 5 heterocycles. The average molecular weight is 629 g/mol. The highest BCUT2D eigenvalue weighted by atomic mass is 35.5. The molecule has 2 N–H and O–H groups in total. The predicted molar refractivity (Wildman–Crippen MR) is 161 cm³/mol. The van der Waals surface area contributed by atoms with Crippen molar-refractivity contribution in [3.8, 4) is 29.0 Å². The summed E-state index contributed by atoms with van der Waals surface area (Å²) in [5.41, 5.74) is 5.65. The summed E-state index contributed by atoms with van der Waals surface area (Å²) in [6.45, 7) is 3.63. The number of benzene rings is 2. The van der Waals surface area contributed by atoms with Crippen molar-refractivity contribution in [2.75, 3.05) is 44.0 Å². The minimum Gasteiger partial charge on any atom is -0.491 e. The van der Waals surface area contributed by atoms with Gasteiger partial charge in [-0.1, -0.05) is 17.7 Å². The Labute approximate surface area is 254 Å². The Hall–Kier alpha value is -3.53. The minimum absolute atomic E-state index is 0.0182. The number of nitrogens with two attached hydrogens (primary N) is 1. The first-order valence-corrected chi connectivity index (χ1v) is 15.3. The summed E-state index contributed by atoms with van der Waals surface area (Å²) >= 11 is 7.84. The Balaban J connectivity index is 1.46. The summed E-state index contributed by atoms with van der Waals surface area (Å²) in [5, 5.41) is 10.4. The van der Waals surface area contributed by atoms with Crippen LogP contribution in [0.1, 0.15) is 38.2 Å². The van der Waals surface area contributed by atoms with Crippen LogP contribution in [0.2, 0.25) is 5.02 Å². The quantitative estimate of drug-likeness (QED) is 0.275. The number of alkyl halides is 1. The second-order valence-electron chi connectivity index (χ2n) is 11.6. The smallest absolute Gasteiger partial charge is 0.319 e. The lowest BCUT2D eigenvalue weighted by Gasteiger charge is -2.32. The van der Waals surface area contributed by atoms with Crippen LogP contribution in [0.15, 0.2) is 12.1 Å². The highest BCUT2D eigenvalue weighted by molar-refractivity contribution is 7.23. The van der Waals surface area contributed by atoms with Crippen LogP contribution in [0, 0.1) is 23.0 Å². The molecular formula is C30H28ClF3N6O2S. The molecule has 0 radical (unpaired) electrons. The highest BCUT2D eigenvalue weighted by Crippen LogP contribution is 2.51. The maximum atomic E-state index is 16.9. The molecule has 7 rings (SSSR count). The molecule has 2 fully saturated rings. The van der Waals surface area contributed by atoms with Gasteiger partial charge in [-0.15, -0.1) is 11.3 Å². The van der Waals surface area contributed by atoms with Crippen LogP contribution >= 0.6 is 22.9 Å². The molecule has 8 nitrogen and oxygen atoms in total. The van der Waals surface area contributed by atoms with Crippen molar-refractivity contribution >= 4 is 54.7 Å². The maximum absolute atomic E-state index is 16.9. The predicted octanol–water partition coefficient (Wildman–Crippen LogP) is 6.46. The van der Waals surface area contributed by atoms with Crippen molar-refractivity contribution in [1.29, 1.82) is 5.26 Å². The standard InChI is InChI=1S/C30H28ClF3N6O2S/c1-14-6-9-41-25-21-24(23(34)20(22(25)31)16-4-5-18(33)26-19(16)17(11-35)27(36)43-26)37-29(38-28(21)39(14)2)42-13-30-7-3-8-40(30)12-15(32)10-30/h4-5,14-15H,3,6-10,12-13,36H2,1-2H3/t14-,15-,30+/m1/s1. The normalized spacial score (nSPS) is 23.7. The maximum Gasteiger partial charge on any atom is 0.319 e. The van der Waals surface area contributed by atoms with E-state index < -0.39 is 23.3 Å². The molecule has 0 amide bonds. The van der Waals surface area contributed by atoms with Gasteiger partial charge in [0.25, 0.3) is 0 Å². The van der Waals surface area contributed by atoms with E-state index in [-0.39, 0.29) is 72.1 Å². The van der Waals surface area contributed by atoms with Gasteiger partial charge in [0.1, 0.15) is 41.0 Å². The molecule has 0 aliphatic carbocycles. The van der Waals surface area contributed by atoms with Gasteiger partial charge in [-0.2, -0.15) is 15.2 Å². The summed E-state index contributed by atoms with van der Waals surface area (Å²) < 4.78 is 58.6. The van der Waals surface area contributed by atoms with Crippen molar-refractivity contribution in [1.82, 2.24) is 14.9 Å². The average Bonchev–Trinajstić information content (AvgIpc) is 3.62. The number of nitrogen functional groups attached to an aromatic ring is 1. The van der Waals surface area contributed by atoms with Crippen molar-refractivity contribution < 1.29 is 22.6 Å². The highest BCUT2D eigenvalue weighted by Gasteiger charge is 2.49. The third-order valence-corrected chi connectivity index (χ3v) is 10.5. The molecule has 13 heteroatoms. The number of rotatable bonds is 4. The van der Waals surface area contributed by atoms with E-state index in [1.165, 1.54) is 12.1 Å². The molecule has 2 aromatic carbocycles. The summed E-state index contributed by atoms with van der Waals surface area (Å²) in [4.78, 5) is 13.3. The van der Waals surface area contributed by atoms with Gasteiger partial charge < -0.3 is 20.1 Å². The molecule has 0 bridgehead atoms. The Morgan fingerprint density at radius 3 is 2.91 bits per heavy atom. The van der Waals surface area contributed by atoms with Crippen molar-refractivity contribution in [2.45, 2.75) is 50.4 Å². The monoisotopic (exact) mass is 628 g/mol. The number of hydrogen-bond acceptors (Lipinski definition) is 9. The van der Waals surface area contributed by atoms with Gasteiger partial charge >= 0.3 is 6.01 Å². The minimum atomic E-state index is -0.930. The van der Waals surface area contributed by atoms with E-state index in [1.54, 1.807) is 0 Å². The summed E-state index contributed by atoms with van der Waals surface area (Å²) in [7, 11) is 1.85. The summed E-state index contributed by atoms with van der Waals surface area (Å²) in [6.07, 6.45) is 1.80. The fourth-order valence-corrected chi connectivity index (χ4v) is 8.10. The molecule has 3 aliphatic rings. The number of fused-ring (bicyclic) bond motifs is 2. The van der Waals surface area contributed by atoms with Crippen LogP contribution in [0.3, 0.4) is 0 Å². The molecule has 43 heavy (non-hydrogen) atoms. The van der Waals surface area contributed by atoms with E-state index in [0.717, 1.165) is 30.7 Å². The second kappa shape index (κ2) is 10.3. The number of ether oxygens (including phenoxy) is 2. The Bertz CT molecular complexity index is 1850. The Morgan fingerprint density at radius 2 is 2.12 bits per heavy atom. The SMILES string of the molecule is C[C@@H]1CCOc2c(Cl)c(-c3ccc(F)c4sc(N)c(C#N)c34)c(F)c3nc(OC[C@@]45CCCN4C[C@H](F)C5)nc(c23)N1C. The third kappa shape index (κ3) is 4.27. The van der Waals surface area contributed by atoms with Gasteiger partial charge in [0.2, 0.25) is 0 Å². The Kier molecular flexibility index (Phi) is 6.76. The van der Waals surface area contributed by atoms with Crippen molar-refractivity contribution in [3.05, 3.63) is 34.4 Å². The largest absolute Gasteiger partial charge is 0.491 e. The summed E-state index contributed by atoms with van der Waals surface area (Å²) in [5.74, 6) is -0.816. The first kappa shape index (κ1) is 28.3. The first-order chi connectivity index (χ1) is 20.6. The Morgan fingerprint density at radius 1 is 1.30 bits per heavy atom. The van der Waals surface area contributed by atoms with Gasteiger partial charge in [0.05, 0.1) is 32.8 Å². The fraction of sp³-hybridized carbons (Fsp3) is 0.433. The molecule has 224 valence electrons. The number of hydrogen-bond donors (Lipinski definition) is 1. The van der Waals surface area contributed by atoms with Crippen LogP contribution < -0.4 is 20.1 Å². The molecule has 0 unspecified atom stereocenters. The molecule has 4 aromatic rings. The zero-order chi connectivity index (χ0) is 30.2. The topological polar surface area (TPSA) is 101 Å². The van der Waals surface area contributed by atoms with Crippen LogP contribution in [0.4, 0.5) is 24.0 Å². The first-order valence-electron chi connectivity index (χ1n) is 14.1. The van der Waals surface area contributed by atoms with Gasteiger partial charge in [-0.25, -0.2) is 13.2 Å². The number of thiophene rings is 1. The van der Waals surface area contributed by atoms with Gasteiger partial charge in [0, 0.05) is 43.4 Å².